The molecule has 1 fully saturated rings. The fraction of sp³-hybridized carbons (Fsp3) is 0.636. The minimum Gasteiger partial charge on any atom is -0.351 e. The highest BCUT2D eigenvalue weighted by Gasteiger charge is 2.23. The fourth-order valence-corrected chi connectivity index (χ4v) is 1.84. The normalized spacial score (nSPS) is 24.9. The highest BCUT2D eigenvalue weighted by molar-refractivity contribution is 5.12. The van der Waals surface area contributed by atoms with Crippen molar-refractivity contribution in [2.24, 2.45) is 5.73 Å². The van der Waals surface area contributed by atoms with Gasteiger partial charge in [-0.25, -0.2) is 4.79 Å². The molecule has 6 heteroatoms. The average molecular weight is 238 g/mol. The van der Waals surface area contributed by atoms with E-state index in [1.165, 1.54) is 4.57 Å². The molecular weight excluding hydrogens is 220 g/mol. The van der Waals surface area contributed by atoms with E-state index in [1.807, 2.05) is 13.8 Å². The maximum atomic E-state index is 11.8. The Morgan fingerprint density at radius 2 is 2.35 bits per heavy atom. The zero-order valence-electron chi connectivity index (χ0n) is 10.1. The van der Waals surface area contributed by atoms with Crippen LogP contribution in [0.3, 0.4) is 0 Å². The molecule has 1 aromatic rings. The van der Waals surface area contributed by atoms with Crippen molar-refractivity contribution in [1.29, 1.82) is 0 Å². The van der Waals surface area contributed by atoms with Gasteiger partial charge in [0.05, 0.1) is 6.10 Å². The van der Waals surface area contributed by atoms with Gasteiger partial charge in [-0.3, -0.25) is 4.57 Å². The molecule has 17 heavy (non-hydrogen) atoms. The molecule has 2 heterocycles. The lowest BCUT2D eigenvalue weighted by atomic mass is 10.2. The highest BCUT2D eigenvalue weighted by Crippen LogP contribution is 2.13. The molecule has 2 rings (SSSR count). The van der Waals surface area contributed by atoms with Crippen LogP contribution < -0.4 is 16.7 Å². The first-order valence-corrected chi connectivity index (χ1v) is 5.74. The van der Waals surface area contributed by atoms with Gasteiger partial charge in [0.2, 0.25) is 0 Å². The zero-order valence-corrected chi connectivity index (χ0v) is 10.1. The summed E-state index contributed by atoms with van der Waals surface area (Å²) in [6.45, 7) is 5.51. The summed E-state index contributed by atoms with van der Waals surface area (Å²) in [6, 6.07) is 0. The zero-order chi connectivity index (χ0) is 12.4. The third kappa shape index (κ3) is 2.54. The van der Waals surface area contributed by atoms with Gasteiger partial charge in [-0.15, -0.1) is 0 Å². The van der Waals surface area contributed by atoms with Crippen LogP contribution in [0.1, 0.15) is 17.5 Å². The summed E-state index contributed by atoms with van der Waals surface area (Å²) in [5, 5.41) is 3.20. The standard InChI is InChI=1S/C11H18N4O2/c1-7-6-15(11(16)14-8(7)2)10-5-13-4-9(3-12)17-10/h6,9-10,13H,3-5,12H2,1-2H3. The molecule has 2 unspecified atom stereocenters. The molecule has 0 aliphatic carbocycles. The van der Waals surface area contributed by atoms with Crippen molar-refractivity contribution in [2.75, 3.05) is 19.6 Å². The SMILES string of the molecule is Cc1cn(C2CNCC(CN)O2)c(=O)nc1C. The van der Waals surface area contributed by atoms with E-state index < -0.39 is 0 Å². The van der Waals surface area contributed by atoms with E-state index in [2.05, 4.69) is 10.3 Å². The number of morpholine rings is 1. The predicted octanol–water partition coefficient (Wildman–Crippen LogP) is -0.694. The average Bonchev–Trinajstić information content (AvgIpc) is 2.34. The molecule has 0 amide bonds. The minimum atomic E-state index is -0.323. The topological polar surface area (TPSA) is 82.2 Å². The number of hydrogen-bond acceptors (Lipinski definition) is 5. The van der Waals surface area contributed by atoms with Gasteiger partial charge >= 0.3 is 5.69 Å². The van der Waals surface area contributed by atoms with Crippen LogP contribution >= 0.6 is 0 Å². The van der Waals surface area contributed by atoms with Gasteiger partial charge in [-0.1, -0.05) is 0 Å². The Labute approximate surface area is 99.8 Å². The summed E-state index contributed by atoms with van der Waals surface area (Å²) in [6.07, 6.45) is 1.41. The summed E-state index contributed by atoms with van der Waals surface area (Å²) < 4.78 is 7.26. The van der Waals surface area contributed by atoms with E-state index in [-0.39, 0.29) is 18.0 Å². The number of nitrogens with two attached hydrogens (primary N) is 1. The Bertz CT molecular complexity index is 457. The van der Waals surface area contributed by atoms with E-state index in [0.29, 0.717) is 13.1 Å². The molecule has 0 saturated carbocycles. The van der Waals surface area contributed by atoms with Crippen molar-refractivity contribution in [1.82, 2.24) is 14.9 Å². The molecule has 1 aromatic heterocycles. The van der Waals surface area contributed by atoms with Crippen molar-refractivity contribution in [3.8, 4) is 0 Å². The van der Waals surface area contributed by atoms with Crippen LogP contribution in [-0.4, -0.2) is 35.3 Å². The fourth-order valence-electron chi connectivity index (χ4n) is 1.84. The lowest BCUT2D eigenvalue weighted by molar-refractivity contribution is -0.0745. The Morgan fingerprint density at radius 3 is 3.06 bits per heavy atom. The third-order valence-electron chi connectivity index (χ3n) is 3.00. The Kier molecular flexibility index (Phi) is 3.56. The number of nitrogens with zero attached hydrogens (tertiary/aromatic N) is 2. The number of aromatic nitrogens is 2. The van der Waals surface area contributed by atoms with Gasteiger partial charge in [0.25, 0.3) is 0 Å². The van der Waals surface area contributed by atoms with Crippen LogP contribution in [0.25, 0.3) is 0 Å². The molecule has 6 nitrogen and oxygen atoms in total. The number of ether oxygens (including phenoxy) is 1. The van der Waals surface area contributed by atoms with Crippen molar-refractivity contribution in [2.45, 2.75) is 26.2 Å². The van der Waals surface area contributed by atoms with Crippen molar-refractivity contribution in [3.63, 3.8) is 0 Å². The summed E-state index contributed by atoms with van der Waals surface area (Å²) in [4.78, 5) is 15.8. The maximum Gasteiger partial charge on any atom is 0.349 e. The summed E-state index contributed by atoms with van der Waals surface area (Å²) in [5.74, 6) is 0. The largest absolute Gasteiger partial charge is 0.351 e. The highest BCUT2D eigenvalue weighted by atomic mass is 16.5. The number of hydrogen-bond donors (Lipinski definition) is 2. The predicted molar refractivity (Wildman–Crippen MR) is 63.8 cm³/mol. The Morgan fingerprint density at radius 1 is 1.59 bits per heavy atom. The van der Waals surface area contributed by atoms with Gasteiger partial charge in [0, 0.05) is 31.5 Å². The molecule has 2 atom stereocenters. The van der Waals surface area contributed by atoms with Crippen LogP contribution in [0.2, 0.25) is 0 Å². The molecule has 1 saturated heterocycles. The van der Waals surface area contributed by atoms with E-state index in [0.717, 1.165) is 17.8 Å². The molecule has 94 valence electrons. The van der Waals surface area contributed by atoms with Gasteiger partial charge in [0.1, 0.15) is 0 Å². The Hall–Kier alpha value is -1.24. The van der Waals surface area contributed by atoms with E-state index in [9.17, 15) is 4.79 Å². The first kappa shape index (κ1) is 12.2. The Balaban J connectivity index is 2.27. The van der Waals surface area contributed by atoms with Crippen molar-refractivity contribution in [3.05, 3.63) is 27.9 Å². The molecule has 0 bridgehead atoms. The van der Waals surface area contributed by atoms with E-state index in [1.54, 1.807) is 6.20 Å². The molecule has 1 aliphatic rings. The van der Waals surface area contributed by atoms with Crippen LogP contribution in [0.15, 0.2) is 11.0 Å². The van der Waals surface area contributed by atoms with Gasteiger partial charge in [0.15, 0.2) is 6.23 Å². The first-order chi connectivity index (χ1) is 8.11. The quantitative estimate of drug-likeness (QED) is 0.712. The number of nitrogens with one attached hydrogen (secondary N) is 1. The number of aryl methyl sites for hydroxylation is 2. The minimum absolute atomic E-state index is 0.0535. The molecular formula is C11H18N4O2. The number of rotatable bonds is 2. The lowest BCUT2D eigenvalue weighted by Gasteiger charge is -2.31. The van der Waals surface area contributed by atoms with Crippen LogP contribution in [0.5, 0.6) is 0 Å². The van der Waals surface area contributed by atoms with Gasteiger partial charge in [-0.2, -0.15) is 4.98 Å². The van der Waals surface area contributed by atoms with Gasteiger partial charge in [-0.05, 0) is 19.4 Å². The molecule has 0 spiro atoms. The van der Waals surface area contributed by atoms with E-state index >= 15 is 0 Å². The van der Waals surface area contributed by atoms with Crippen molar-refractivity contribution >= 4 is 0 Å². The smallest absolute Gasteiger partial charge is 0.349 e. The van der Waals surface area contributed by atoms with Crippen LogP contribution in [0, 0.1) is 13.8 Å². The molecule has 0 aromatic carbocycles. The summed E-state index contributed by atoms with van der Waals surface area (Å²) in [7, 11) is 0. The van der Waals surface area contributed by atoms with E-state index in [4.69, 9.17) is 10.5 Å². The summed E-state index contributed by atoms with van der Waals surface area (Å²) >= 11 is 0. The lowest BCUT2D eigenvalue weighted by Crippen LogP contribution is -2.48. The van der Waals surface area contributed by atoms with Crippen LogP contribution in [0.4, 0.5) is 0 Å². The second-order valence-electron chi connectivity index (χ2n) is 4.31. The second kappa shape index (κ2) is 4.95. The third-order valence-corrected chi connectivity index (χ3v) is 3.00. The first-order valence-electron chi connectivity index (χ1n) is 5.74. The van der Waals surface area contributed by atoms with Crippen LogP contribution in [-0.2, 0) is 4.74 Å². The second-order valence-corrected chi connectivity index (χ2v) is 4.31. The maximum absolute atomic E-state index is 11.8. The molecule has 3 N–H and O–H groups in total. The molecule has 0 radical (unpaired) electrons. The monoisotopic (exact) mass is 238 g/mol. The van der Waals surface area contributed by atoms with Crippen molar-refractivity contribution < 1.29 is 4.74 Å². The summed E-state index contributed by atoms with van der Waals surface area (Å²) in [5.41, 5.74) is 7.02. The van der Waals surface area contributed by atoms with Gasteiger partial charge < -0.3 is 15.8 Å². The molecule has 1 aliphatic heterocycles.